The Bertz CT molecular complexity index is 873. The maximum Gasteiger partial charge on any atom is 0.272 e. The van der Waals surface area contributed by atoms with Crippen LogP contribution < -0.4 is 10.0 Å². The average Bonchev–Trinajstić information content (AvgIpc) is 3.08. The molecule has 0 spiro atoms. The highest BCUT2D eigenvalue weighted by molar-refractivity contribution is 7.90. The van der Waals surface area contributed by atoms with Crippen LogP contribution in [0.15, 0.2) is 24.4 Å². The summed E-state index contributed by atoms with van der Waals surface area (Å²) in [4.78, 5) is 12.8. The Kier molecular flexibility index (Phi) is 5.38. The minimum Gasteiger partial charge on any atom is -0.598 e. The van der Waals surface area contributed by atoms with Gasteiger partial charge in [0.1, 0.15) is 16.3 Å². The summed E-state index contributed by atoms with van der Waals surface area (Å²) in [6.07, 6.45) is 3.49. The standard InChI is InChI=1S/C20H26FN3O2S/c1-12-10-13(6-8-16(12)21)22-19(25)18-14-7-9-17(15(14)11-24(18)5)23-27(26)20(2,3)4/h6,8,10-11,17,23H,7,9H2,1-5H3,(H,22,25). The molecule has 0 fully saturated rings. The summed E-state index contributed by atoms with van der Waals surface area (Å²) in [5, 5.41) is 2.86. The second kappa shape index (κ2) is 7.30. The topological polar surface area (TPSA) is 69.1 Å². The van der Waals surface area contributed by atoms with E-state index in [4.69, 9.17) is 0 Å². The van der Waals surface area contributed by atoms with Gasteiger partial charge in [-0.1, -0.05) is 0 Å². The molecule has 1 heterocycles. The number of benzene rings is 1. The quantitative estimate of drug-likeness (QED) is 0.780. The summed E-state index contributed by atoms with van der Waals surface area (Å²) in [7, 11) is 1.83. The molecule has 2 aromatic rings. The van der Waals surface area contributed by atoms with Gasteiger partial charge in [0.15, 0.2) is 0 Å². The number of anilines is 1. The lowest BCUT2D eigenvalue weighted by atomic mass is 10.1. The highest BCUT2D eigenvalue weighted by atomic mass is 32.2. The van der Waals surface area contributed by atoms with E-state index in [0.29, 0.717) is 16.9 Å². The first kappa shape index (κ1) is 19.9. The number of hydrogen-bond acceptors (Lipinski definition) is 3. The molecule has 1 amide bonds. The summed E-state index contributed by atoms with van der Waals surface area (Å²) < 4.78 is 30.5. The fourth-order valence-corrected chi connectivity index (χ4v) is 4.20. The third-order valence-corrected chi connectivity index (χ3v) is 6.43. The zero-order valence-corrected chi connectivity index (χ0v) is 17.2. The third-order valence-electron chi connectivity index (χ3n) is 4.81. The fourth-order valence-electron chi connectivity index (χ4n) is 3.35. The van der Waals surface area contributed by atoms with E-state index >= 15 is 0 Å². The van der Waals surface area contributed by atoms with E-state index in [2.05, 4.69) is 10.0 Å². The van der Waals surface area contributed by atoms with Gasteiger partial charge in [-0.05, 0) is 75.4 Å². The summed E-state index contributed by atoms with van der Waals surface area (Å²) in [6.45, 7) is 7.46. The lowest BCUT2D eigenvalue weighted by Crippen LogP contribution is -2.40. The minimum atomic E-state index is -1.17. The number of aromatic nitrogens is 1. The molecule has 0 aliphatic heterocycles. The molecule has 1 aliphatic carbocycles. The monoisotopic (exact) mass is 391 g/mol. The molecule has 0 saturated heterocycles. The predicted octanol–water partition coefficient (Wildman–Crippen LogP) is 3.76. The normalized spacial score (nSPS) is 17.7. The molecule has 1 aromatic carbocycles. The van der Waals surface area contributed by atoms with Gasteiger partial charge in [-0.25, -0.2) is 4.39 Å². The molecule has 0 saturated carbocycles. The molecular weight excluding hydrogens is 365 g/mol. The molecule has 3 rings (SSSR count). The third kappa shape index (κ3) is 4.05. The number of nitrogens with one attached hydrogen (secondary N) is 2. The number of hydrogen-bond donors (Lipinski definition) is 2. The van der Waals surface area contributed by atoms with E-state index in [-0.39, 0.29) is 22.5 Å². The smallest absolute Gasteiger partial charge is 0.272 e. The van der Waals surface area contributed by atoms with Crippen LogP contribution in [-0.4, -0.2) is 19.8 Å². The van der Waals surface area contributed by atoms with Gasteiger partial charge in [0, 0.05) is 30.3 Å². The maximum absolute atomic E-state index is 13.4. The largest absolute Gasteiger partial charge is 0.598 e. The van der Waals surface area contributed by atoms with Crippen molar-refractivity contribution in [1.29, 1.82) is 0 Å². The van der Waals surface area contributed by atoms with Gasteiger partial charge in [-0.3, -0.25) is 4.79 Å². The van der Waals surface area contributed by atoms with Crippen LogP contribution >= 0.6 is 0 Å². The Morgan fingerprint density at radius 1 is 1.37 bits per heavy atom. The van der Waals surface area contributed by atoms with Gasteiger partial charge < -0.3 is 14.4 Å². The summed E-state index contributed by atoms with van der Waals surface area (Å²) in [5.41, 5.74) is 3.65. The molecule has 0 bridgehead atoms. The lowest BCUT2D eigenvalue weighted by molar-refractivity contribution is 0.101. The van der Waals surface area contributed by atoms with Crippen molar-refractivity contribution in [1.82, 2.24) is 9.29 Å². The van der Waals surface area contributed by atoms with E-state index < -0.39 is 11.4 Å². The van der Waals surface area contributed by atoms with Crippen molar-refractivity contribution in [2.75, 3.05) is 5.32 Å². The Labute approximate surface area is 162 Å². The van der Waals surface area contributed by atoms with E-state index in [1.54, 1.807) is 19.1 Å². The van der Waals surface area contributed by atoms with Crippen molar-refractivity contribution in [3.05, 3.63) is 52.6 Å². The number of nitrogens with zero attached hydrogens (tertiary/aromatic N) is 1. The Hall–Kier alpha value is -1.83. The fraction of sp³-hybridized carbons (Fsp3) is 0.450. The van der Waals surface area contributed by atoms with Crippen LogP contribution in [0.4, 0.5) is 10.1 Å². The van der Waals surface area contributed by atoms with Crippen molar-refractivity contribution >= 4 is 23.0 Å². The number of carbonyl (C=O) groups excluding carboxylic acids is 1. The highest BCUT2D eigenvalue weighted by Crippen LogP contribution is 2.36. The number of fused-ring (bicyclic) bond motifs is 1. The van der Waals surface area contributed by atoms with Crippen LogP contribution in [0.25, 0.3) is 0 Å². The SMILES string of the molecule is Cc1cc(NC(=O)c2c3c(cn2C)C(N[S+]([O-])C(C)(C)C)CC3)ccc1F. The Morgan fingerprint density at radius 3 is 2.70 bits per heavy atom. The van der Waals surface area contributed by atoms with Crippen molar-refractivity contribution < 1.29 is 13.7 Å². The first-order valence-corrected chi connectivity index (χ1v) is 10.2. The average molecular weight is 392 g/mol. The molecule has 1 aromatic heterocycles. The van der Waals surface area contributed by atoms with E-state index in [9.17, 15) is 13.7 Å². The van der Waals surface area contributed by atoms with Gasteiger partial charge in [0.2, 0.25) is 0 Å². The van der Waals surface area contributed by atoms with Crippen LogP contribution in [0.2, 0.25) is 0 Å². The molecule has 146 valence electrons. The molecule has 1 aliphatic rings. The molecule has 27 heavy (non-hydrogen) atoms. The highest BCUT2D eigenvalue weighted by Gasteiger charge is 2.36. The van der Waals surface area contributed by atoms with Crippen molar-refractivity contribution in [3.63, 3.8) is 0 Å². The number of carbonyl (C=O) groups is 1. The van der Waals surface area contributed by atoms with E-state index in [0.717, 1.165) is 24.0 Å². The molecule has 2 atom stereocenters. The first-order chi connectivity index (χ1) is 12.6. The van der Waals surface area contributed by atoms with Crippen molar-refractivity contribution in [2.24, 2.45) is 7.05 Å². The summed E-state index contributed by atoms with van der Waals surface area (Å²) in [5.74, 6) is -0.518. The van der Waals surface area contributed by atoms with Gasteiger partial charge in [0.05, 0.1) is 6.04 Å². The number of rotatable bonds is 4. The predicted molar refractivity (Wildman–Crippen MR) is 107 cm³/mol. The van der Waals surface area contributed by atoms with E-state index in [1.807, 2.05) is 38.6 Å². The summed E-state index contributed by atoms with van der Waals surface area (Å²) in [6, 6.07) is 4.50. The molecule has 5 nitrogen and oxygen atoms in total. The van der Waals surface area contributed by atoms with Crippen LogP contribution in [0.3, 0.4) is 0 Å². The van der Waals surface area contributed by atoms with E-state index in [1.165, 1.54) is 6.07 Å². The van der Waals surface area contributed by atoms with Crippen molar-refractivity contribution in [3.8, 4) is 0 Å². The second-order valence-electron chi connectivity index (χ2n) is 8.03. The van der Waals surface area contributed by atoms with Crippen LogP contribution in [-0.2, 0) is 24.8 Å². The Morgan fingerprint density at radius 2 is 2.07 bits per heavy atom. The minimum absolute atomic E-state index is 0.0270. The zero-order valence-electron chi connectivity index (χ0n) is 16.4. The number of amides is 1. The van der Waals surface area contributed by atoms with Gasteiger partial charge in [-0.15, -0.1) is 4.72 Å². The Balaban J connectivity index is 1.81. The molecule has 0 radical (unpaired) electrons. The maximum atomic E-state index is 13.4. The lowest BCUT2D eigenvalue weighted by Gasteiger charge is -2.26. The molecule has 2 unspecified atom stereocenters. The molecular formula is C20H26FN3O2S. The second-order valence-corrected chi connectivity index (χ2v) is 10.0. The van der Waals surface area contributed by atoms with Crippen LogP contribution in [0.5, 0.6) is 0 Å². The van der Waals surface area contributed by atoms with Crippen LogP contribution in [0.1, 0.15) is 60.4 Å². The van der Waals surface area contributed by atoms with Crippen LogP contribution in [0, 0.1) is 12.7 Å². The van der Waals surface area contributed by atoms with Crippen molar-refractivity contribution in [2.45, 2.75) is 51.3 Å². The molecule has 7 heteroatoms. The van der Waals surface area contributed by atoms with Gasteiger partial charge >= 0.3 is 0 Å². The summed E-state index contributed by atoms with van der Waals surface area (Å²) >= 11 is -1.17. The first-order valence-electron chi connectivity index (χ1n) is 9.01. The zero-order chi connectivity index (χ0) is 19.9. The number of halogens is 1. The van der Waals surface area contributed by atoms with Gasteiger partial charge in [0.25, 0.3) is 5.91 Å². The number of aryl methyl sites for hydroxylation is 2. The molecule has 2 N–H and O–H groups in total. The van der Waals surface area contributed by atoms with Gasteiger partial charge in [-0.2, -0.15) is 0 Å².